The van der Waals surface area contributed by atoms with Crippen molar-refractivity contribution in [2.45, 2.75) is 129 Å². The average molecular weight is 558 g/mol. The van der Waals surface area contributed by atoms with Gasteiger partial charge in [0, 0.05) is 0 Å². The highest BCUT2D eigenvalue weighted by atomic mass is 16.5. The Balaban J connectivity index is 0.000000146. The number of allylic oxidation sites excluding steroid dienone is 2. The zero-order valence-electron chi connectivity index (χ0n) is 26.6. The van der Waals surface area contributed by atoms with Gasteiger partial charge < -0.3 is 10.5 Å². The van der Waals surface area contributed by atoms with E-state index < -0.39 is 0 Å². The van der Waals surface area contributed by atoms with Crippen molar-refractivity contribution in [1.29, 1.82) is 0 Å². The second-order valence-corrected chi connectivity index (χ2v) is 14.1. The quantitative estimate of drug-likeness (QED) is 0.399. The van der Waals surface area contributed by atoms with Crippen LogP contribution >= 0.6 is 0 Å². The van der Waals surface area contributed by atoms with Gasteiger partial charge in [-0.2, -0.15) is 0 Å². The van der Waals surface area contributed by atoms with Gasteiger partial charge in [-0.15, -0.1) is 0 Å². The molecule has 2 aromatic rings. The zero-order chi connectivity index (χ0) is 30.0. The van der Waals surface area contributed by atoms with Gasteiger partial charge in [-0.1, -0.05) is 69.2 Å². The van der Waals surface area contributed by atoms with E-state index in [-0.39, 0.29) is 23.0 Å². The van der Waals surface area contributed by atoms with Gasteiger partial charge in [0.2, 0.25) is 5.91 Å². The van der Waals surface area contributed by atoms with E-state index in [1.54, 1.807) is 16.7 Å². The summed E-state index contributed by atoms with van der Waals surface area (Å²) in [6, 6.07) is 15.6. The Morgan fingerprint density at radius 1 is 1.05 bits per heavy atom. The van der Waals surface area contributed by atoms with E-state index in [0.717, 1.165) is 12.2 Å². The average Bonchev–Trinajstić information content (AvgIpc) is 3.67. The van der Waals surface area contributed by atoms with Crippen LogP contribution in [0.3, 0.4) is 0 Å². The molecule has 5 heteroatoms. The van der Waals surface area contributed by atoms with Crippen LogP contribution in [0.25, 0.3) is 5.57 Å². The van der Waals surface area contributed by atoms with Gasteiger partial charge in [-0.3, -0.25) is 10.1 Å². The lowest BCUT2D eigenvalue weighted by Crippen LogP contribution is -2.46. The molecule has 0 spiro atoms. The van der Waals surface area contributed by atoms with Gasteiger partial charge in [0.25, 0.3) is 0 Å². The van der Waals surface area contributed by atoms with Crippen LogP contribution in [-0.4, -0.2) is 23.0 Å². The van der Waals surface area contributed by atoms with Crippen LogP contribution in [0.2, 0.25) is 0 Å². The fraction of sp³-hybridized carbons (Fsp3) is 0.556. The summed E-state index contributed by atoms with van der Waals surface area (Å²) in [7, 11) is 0. The predicted molar refractivity (Wildman–Crippen MR) is 171 cm³/mol. The highest BCUT2D eigenvalue weighted by Gasteiger charge is 2.33. The minimum absolute atomic E-state index is 0.00576. The van der Waals surface area contributed by atoms with E-state index >= 15 is 0 Å². The lowest BCUT2D eigenvalue weighted by molar-refractivity contribution is -0.121. The molecule has 0 radical (unpaired) electrons. The number of carbonyl (C=O) groups is 1. The smallest absolute Gasteiger partial charge is 0.229 e. The second kappa shape index (κ2) is 12.0. The van der Waals surface area contributed by atoms with Crippen molar-refractivity contribution in [3.63, 3.8) is 0 Å². The van der Waals surface area contributed by atoms with Crippen molar-refractivity contribution in [3.8, 4) is 5.75 Å². The number of nitrogens with zero attached hydrogens (tertiary/aromatic N) is 1. The van der Waals surface area contributed by atoms with Gasteiger partial charge in [0.15, 0.2) is 5.96 Å². The summed E-state index contributed by atoms with van der Waals surface area (Å²) >= 11 is 0. The maximum atomic E-state index is 10.8. The molecule has 41 heavy (non-hydrogen) atoms. The minimum Gasteiger partial charge on any atom is -0.488 e. The number of rotatable bonds is 3. The molecule has 2 aliphatic carbocycles. The molecule has 0 aromatic heterocycles. The van der Waals surface area contributed by atoms with Crippen LogP contribution in [0.15, 0.2) is 53.0 Å². The Kier molecular flexibility index (Phi) is 9.06. The molecule has 1 atom stereocenters. The van der Waals surface area contributed by atoms with Crippen LogP contribution in [0, 0.1) is 0 Å². The first-order valence-corrected chi connectivity index (χ1v) is 15.5. The number of ether oxygens (including phenoxy) is 1. The number of hydrogen-bond acceptors (Lipinski definition) is 4. The lowest BCUT2D eigenvalue weighted by Gasteiger charge is -2.37. The molecule has 222 valence electrons. The third kappa shape index (κ3) is 8.02. The number of carbonyl (C=O) groups excluding carboxylic acids is 1. The SMILES string of the molecule is CC(=C1CC1)c1ccc2c(c1)CCC2(C)C.CC1(C)CC(=O)NC(N)=N1.CCCC1CC(C)(C)Oc2ccccc21. The maximum Gasteiger partial charge on any atom is 0.229 e. The van der Waals surface area contributed by atoms with E-state index in [1.807, 2.05) is 13.8 Å². The lowest BCUT2D eigenvalue weighted by atomic mass is 9.82. The number of guanidine groups is 1. The van der Waals surface area contributed by atoms with E-state index in [1.165, 1.54) is 55.2 Å². The van der Waals surface area contributed by atoms with Crippen molar-refractivity contribution in [1.82, 2.24) is 5.32 Å². The van der Waals surface area contributed by atoms with Crippen molar-refractivity contribution >= 4 is 17.4 Å². The molecule has 6 rings (SSSR count). The topological polar surface area (TPSA) is 76.7 Å². The summed E-state index contributed by atoms with van der Waals surface area (Å²) in [5, 5.41) is 2.42. The Bertz CT molecular complexity index is 1330. The summed E-state index contributed by atoms with van der Waals surface area (Å²) in [5.74, 6) is 1.93. The third-order valence-corrected chi connectivity index (χ3v) is 8.72. The Morgan fingerprint density at radius 3 is 2.39 bits per heavy atom. The molecular weight excluding hydrogens is 506 g/mol. The molecule has 1 fully saturated rings. The summed E-state index contributed by atoms with van der Waals surface area (Å²) in [6.07, 6.45) is 9.29. The number of hydrogen-bond donors (Lipinski definition) is 2. The van der Waals surface area contributed by atoms with Crippen LogP contribution in [0.5, 0.6) is 5.75 Å². The number of benzene rings is 2. The number of aliphatic imine (C=N–C) groups is 1. The number of para-hydroxylation sites is 1. The summed E-state index contributed by atoms with van der Waals surface area (Å²) in [4.78, 5) is 14.8. The van der Waals surface area contributed by atoms with Crippen LogP contribution in [0.4, 0.5) is 0 Å². The van der Waals surface area contributed by atoms with Gasteiger partial charge in [0.05, 0.1) is 12.0 Å². The Hall–Kier alpha value is -3.08. The number of amides is 1. The number of nitrogens with one attached hydrogen (secondary N) is 1. The van der Waals surface area contributed by atoms with Gasteiger partial charge >= 0.3 is 0 Å². The largest absolute Gasteiger partial charge is 0.488 e. The molecule has 0 saturated heterocycles. The fourth-order valence-corrected chi connectivity index (χ4v) is 6.45. The molecule has 4 aliphatic rings. The normalized spacial score (nSPS) is 22.2. The predicted octanol–water partition coefficient (Wildman–Crippen LogP) is 8.21. The van der Waals surface area contributed by atoms with Crippen molar-refractivity contribution < 1.29 is 9.53 Å². The van der Waals surface area contributed by atoms with E-state index in [0.29, 0.717) is 17.8 Å². The third-order valence-electron chi connectivity index (χ3n) is 8.72. The van der Waals surface area contributed by atoms with Crippen molar-refractivity contribution in [3.05, 3.63) is 70.3 Å². The summed E-state index contributed by atoms with van der Waals surface area (Å²) < 4.78 is 6.00. The zero-order valence-corrected chi connectivity index (χ0v) is 26.6. The highest BCUT2D eigenvalue weighted by Crippen LogP contribution is 2.43. The van der Waals surface area contributed by atoms with Crippen LogP contribution in [0.1, 0.15) is 129 Å². The van der Waals surface area contributed by atoms with Gasteiger partial charge in [-0.05, 0) is 118 Å². The highest BCUT2D eigenvalue weighted by molar-refractivity contribution is 5.98. The molecule has 1 amide bonds. The second-order valence-electron chi connectivity index (χ2n) is 14.1. The molecular formula is C36H51N3O2. The van der Waals surface area contributed by atoms with Crippen LogP contribution in [-0.2, 0) is 16.6 Å². The first-order chi connectivity index (χ1) is 19.2. The van der Waals surface area contributed by atoms with E-state index in [2.05, 4.69) is 94.3 Å². The molecule has 3 N–H and O–H groups in total. The van der Waals surface area contributed by atoms with E-state index in [4.69, 9.17) is 10.5 Å². The Labute approximate surface area is 248 Å². The molecule has 2 heterocycles. The summed E-state index contributed by atoms with van der Waals surface area (Å²) in [5.41, 5.74) is 14.6. The van der Waals surface area contributed by atoms with Crippen molar-refractivity contribution in [2.75, 3.05) is 0 Å². The number of aryl methyl sites for hydroxylation is 1. The standard InChI is InChI=1S/C16H20.C14H20O.C6H11N3O/c1-11(12-4-5-12)13-6-7-15-14(10-13)8-9-16(15,2)3;1-4-7-11-10-14(2,3)15-13-9-6-5-8-12(11)13;1-6(2)3-4(10)8-5(7)9-6/h6-7,10H,4-5,8-9H2,1-3H3;5-6,8-9,11H,4,7,10H2,1-3H3;3H2,1-2H3,(H3,7,8,9,10). The monoisotopic (exact) mass is 557 g/mol. The number of nitrogens with two attached hydrogens (primary N) is 1. The fourth-order valence-electron chi connectivity index (χ4n) is 6.45. The van der Waals surface area contributed by atoms with Gasteiger partial charge in [-0.25, -0.2) is 4.99 Å². The minimum atomic E-state index is -0.327. The molecule has 5 nitrogen and oxygen atoms in total. The van der Waals surface area contributed by atoms with Crippen LogP contribution < -0.4 is 15.8 Å². The van der Waals surface area contributed by atoms with Gasteiger partial charge in [0.1, 0.15) is 11.4 Å². The van der Waals surface area contributed by atoms with E-state index in [9.17, 15) is 4.79 Å². The first kappa shape index (κ1) is 30.9. The number of fused-ring (bicyclic) bond motifs is 2. The molecule has 2 aliphatic heterocycles. The summed E-state index contributed by atoms with van der Waals surface area (Å²) in [6.45, 7) is 17.4. The molecule has 0 bridgehead atoms. The first-order valence-electron chi connectivity index (χ1n) is 15.5. The molecule has 1 unspecified atom stereocenters. The van der Waals surface area contributed by atoms with Crippen molar-refractivity contribution in [2.24, 2.45) is 10.7 Å². The maximum absolute atomic E-state index is 10.8. The Morgan fingerprint density at radius 2 is 1.76 bits per heavy atom. The molecule has 2 aromatic carbocycles. The molecule has 1 saturated carbocycles.